The Morgan fingerprint density at radius 1 is 0.931 bits per heavy atom. The van der Waals surface area contributed by atoms with E-state index < -0.39 is 17.6 Å². The van der Waals surface area contributed by atoms with Gasteiger partial charge in [0.2, 0.25) is 0 Å². The van der Waals surface area contributed by atoms with E-state index in [0.717, 1.165) is 11.1 Å². The molecule has 2 atom stereocenters. The summed E-state index contributed by atoms with van der Waals surface area (Å²) in [6.07, 6.45) is 0. The molecule has 0 fully saturated rings. The van der Waals surface area contributed by atoms with E-state index >= 15 is 0 Å². The van der Waals surface area contributed by atoms with E-state index in [2.05, 4.69) is 0 Å². The maximum Gasteiger partial charge on any atom is 0.313 e. The van der Waals surface area contributed by atoms with Crippen LogP contribution in [-0.2, 0) is 28.5 Å². The molecular formula is C24H25NO4. The zero-order valence-electron chi connectivity index (χ0n) is 16.3. The highest BCUT2D eigenvalue weighted by Gasteiger charge is 2.37. The molecule has 0 aliphatic rings. The summed E-state index contributed by atoms with van der Waals surface area (Å²) in [5.41, 5.74) is 6.51. The Morgan fingerprint density at radius 3 is 2.14 bits per heavy atom. The van der Waals surface area contributed by atoms with Crippen molar-refractivity contribution in [1.29, 1.82) is 0 Å². The molecule has 0 saturated heterocycles. The molecule has 0 aliphatic carbocycles. The topological polar surface area (TPSA) is 81.8 Å². The van der Waals surface area contributed by atoms with Gasteiger partial charge < -0.3 is 14.6 Å². The highest BCUT2D eigenvalue weighted by atomic mass is 16.5. The van der Waals surface area contributed by atoms with Crippen molar-refractivity contribution in [2.75, 3.05) is 0 Å². The molecule has 0 amide bonds. The second kappa shape index (κ2) is 9.37. The predicted octanol–water partition coefficient (Wildman–Crippen LogP) is 3.75. The number of ether oxygens (including phenoxy) is 2. The van der Waals surface area contributed by atoms with Gasteiger partial charge in [-0.1, -0.05) is 72.8 Å². The molecule has 1 unspecified atom stereocenters. The first kappa shape index (κ1) is 20.6. The molecule has 0 radical (unpaired) electrons. The number of carbonyl (C=O) groups is 1. The monoisotopic (exact) mass is 391 g/mol. The molecule has 0 aromatic heterocycles. The minimum atomic E-state index is -1.89. The van der Waals surface area contributed by atoms with Crippen LogP contribution in [0, 0.1) is 5.92 Å². The maximum atomic E-state index is 12.4. The van der Waals surface area contributed by atoms with Crippen molar-refractivity contribution in [3.05, 3.63) is 102 Å². The van der Waals surface area contributed by atoms with Crippen LogP contribution in [0.5, 0.6) is 5.75 Å². The van der Waals surface area contributed by atoms with Gasteiger partial charge in [0.25, 0.3) is 0 Å². The van der Waals surface area contributed by atoms with E-state index in [4.69, 9.17) is 15.2 Å². The Kier molecular flexibility index (Phi) is 6.65. The van der Waals surface area contributed by atoms with Gasteiger partial charge in [-0.15, -0.1) is 0 Å². The lowest BCUT2D eigenvalue weighted by Crippen LogP contribution is -2.46. The standard InChI is InChI=1S/C24H25NO4/c1-18(23(26)29-17-20-11-6-3-7-12-20)24(25,27)21-13-8-14-22(15-21)28-16-19-9-4-2-5-10-19/h2-15,18,27H,16-17,25H2,1H3/t18-,24?/m1/s1. The highest BCUT2D eigenvalue weighted by molar-refractivity contribution is 5.73. The number of nitrogens with two attached hydrogens (primary N) is 1. The van der Waals surface area contributed by atoms with E-state index in [0.29, 0.717) is 17.9 Å². The molecule has 29 heavy (non-hydrogen) atoms. The van der Waals surface area contributed by atoms with Gasteiger partial charge in [0.05, 0.1) is 0 Å². The Morgan fingerprint density at radius 2 is 1.52 bits per heavy atom. The van der Waals surface area contributed by atoms with Crippen LogP contribution in [0.25, 0.3) is 0 Å². The van der Waals surface area contributed by atoms with Crippen molar-refractivity contribution >= 4 is 5.97 Å². The van der Waals surface area contributed by atoms with Gasteiger partial charge in [-0.3, -0.25) is 10.5 Å². The summed E-state index contributed by atoms with van der Waals surface area (Å²) in [6.45, 7) is 2.06. The van der Waals surface area contributed by atoms with Crippen LogP contribution in [0.15, 0.2) is 84.9 Å². The third-order valence-electron chi connectivity index (χ3n) is 4.78. The van der Waals surface area contributed by atoms with Crippen LogP contribution in [0.4, 0.5) is 0 Å². The van der Waals surface area contributed by atoms with Crippen LogP contribution in [0.1, 0.15) is 23.6 Å². The normalized spacial score (nSPS) is 13.9. The summed E-state index contributed by atoms with van der Waals surface area (Å²) in [6, 6.07) is 25.9. The molecule has 5 nitrogen and oxygen atoms in total. The molecule has 3 rings (SSSR count). The minimum Gasteiger partial charge on any atom is -0.489 e. The van der Waals surface area contributed by atoms with Crippen LogP contribution < -0.4 is 10.5 Å². The Labute approximate surface area is 170 Å². The average Bonchev–Trinajstić information content (AvgIpc) is 2.77. The van der Waals surface area contributed by atoms with Gasteiger partial charge in [-0.2, -0.15) is 0 Å². The maximum absolute atomic E-state index is 12.4. The van der Waals surface area contributed by atoms with Crippen molar-refractivity contribution < 1.29 is 19.4 Å². The number of hydrogen-bond donors (Lipinski definition) is 2. The predicted molar refractivity (Wildman–Crippen MR) is 111 cm³/mol. The number of aliphatic hydroxyl groups is 1. The second-order valence-corrected chi connectivity index (χ2v) is 6.94. The van der Waals surface area contributed by atoms with E-state index in [1.807, 2.05) is 60.7 Å². The first-order valence-electron chi connectivity index (χ1n) is 9.46. The van der Waals surface area contributed by atoms with Gasteiger partial charge in [0, 0.05) is 5.56 Å². The lowest BCUT2D eigenvalue weighted by Gasteiger charge is -2.29. The van der Waals surface area contributed by atoms with Crippen molar-refractivity contribution in [3.63, 3.8) is 0 Å². The summed E-state index contributed by atoms with van der Waals surface area (Å²) < 4.78 is 11.1. The molecule has 5 heteroatoms. The third-order valence-corrected chi connectivity index (χ3v) is 4.78. The highest BCUT2D eigenvalue weighted by Crippen LogP contribution is 2.28. The van der Waals surface area contributed by atoms with E-state index in [9.17, 15) is 9.90 Å². The number of carbonyl (C=O) groups excluding carboxylic acids is 1. The molecule has 0 bridgehead atoms. The fraction of sp³-hybridized carbons (Fsp3) is 0.208. The first-order valence-corrected chi connectivity index (χ1v) is 9.46. The summed E-state index contributed by atoms with van der Waals surface area (Å²) in [5.74, 6) is -0.981. The summed E-state index contributed by atoms with van der Waals surface area (Å²) in [4.78, 5) is 12.4. The van der Waals surface area contributed by atoms with E-state index in [1.165, 1.54) is 0 Å². The fourth-order valence-electron chi connectivity index (χ4n) is 2.86. The quantitative estimate of drug-likeness (QED) is 0.451. The average molecular weight is 391 g/mol. The van der Waals surface area contributed by atoms with Crippen LogP contribution in [-0.4, -0.2) is 11.1 Å². The molecular weight excluding hydrogens is 366 g/mol. The Balaban J connectivity index is 1.65. The molecule has 3 aromatic carbocycles. The number of benzene rings is 3. The number of esters is 1. The van der Waals surface area contributed by atoms with Crippen LogP contribution >= 0.6 is 0 Å². The number of hydrogen-bond acceptors (Lipinski definition) is 5. The van der Waals surface area contributed by atoms with Crippen molar-refractivity contribution in [3.8, 4) is 5.75 Å². The molecule has 150 valence electrons. The van der Waals surface area contributed by atoms with Gasteiger partial charge >= 0.3 is 5.97 Å². The van der Waals surface area contributed by atoms with E-state index in [1.54, 1.807) is 31.2 Å². The van der Waals surface area contributed by atoms with Crippen molar-refractivity contribution in [1.82, 2.24) is 0 Å². The van der Waals surface area contributed by atoms with Gasteiger partial charge in [0.15, 0.2) is 5.72 Å². The Hall–Kier alpha value is -3.15. The van der Waals surface area contributed by atoms with Gasteiger partial charge in [0.1, 0.15) is 24.9 Å². The molecule has 0 heterocycles. The largest absolute Gasteiger partial charge is 0.489 e. The van der Waals surface area contributed by atoms with Gasteiger partial charge in [-0.05, 0) is 30.2 Å². The third kappa shape index (κ3) is 5.44. The zero-order chi connectivity index (χ0) is 20.7. The molecule has 0 spiro atoms. The Bertz CT molecular complexity index is 926. The fourth-order valence-corrected chi connectivity index (χ4v) is 2.86. The number of rotatable bonds is 8. The van der Waals surface area contributed by atoms with Crippen molar-refractivity contribution in [2.24, 2.45) is 11.7 Å². The summed E-state index contributed by atoms with van der Waals surface area (Å²) in [5, 5.41) is 10.9. The lowest BCUT2D eigenvalue weighted by atomic mass is 9.91. The molecule has 3 N–H and O–H groups in total. The zero-order valence-corrected chi connectivity index (χ0v) is 16.3. The van der Waals surface area contributed by atoms with Crippen molar-refractivity contribution in [2.45, 2.75) is 25.9 Å². The molecule has 0 aliphatic heterocycles. The summed E-state index contributed by atoms with van der Waals surface area (Å²) in [7, 11) is 0. The van der Waals surface area contributed by atoms with E-state index in [-0.39, 0.29) is 6.61 Å². The van der Waals surface area contributed by atoms with Crippen LogP contribution in [0.2, 0.25) is 0 Å². The summed E-state index contributed by atoms with van der Waals surface area (Å²) >= 11 is 0. The van der Waals surface area contributed by atoms with Crippen LogP contribution in [0.3, 0.4) is 0 Å². The smallest absolute Gasteiger partial charge is 0.313 e. The SMILES string of the molecule is C[C@H](C(=O)OCc1ccccc1)C(N)(O)c1cccc(OCc2ccccc2)c1. The molecule has 3 aromatic rings. The van der Waals surface area contributed by atoms with Gasteiger partial charge in [-0.25, -0.2) is 0 Å². The second-order valence-electron chi connectivity index (χ2n) is 6.94. The molecule has 0 saturated carbocycles. The lowest BCUT2D eigenvalue weighted by molar-refractivity contribution is -0.159. The minimum absolute atomic E-state index is 0.125. The first-order chi connectivity index (χ1) is 14.0.